The first-order valence-electron chi connectivity index (χ1n) is 5.92. The molecule has 1 aromatic rings. The summed E-state index contributed by atoms with van der Waals surface area (Å²) >= 11 is 0. The van der Waals surface area contributed by atoms with E-state index < -0.39 is 11.7 Å². The summed E-state index contributed by atoms with van der Waals surface area (Å²) in [4.78, 5) is 0. The summed E-state index contributed by atoms with van der Waals surface area (Å²) in [5.41, 5.74) is 7.46. The molecule has 1 aromatic carbocycles. The monoisotopic (exact) mass is 241 g/mol. The van der Waals surface area contributed by atoms with Crippen LogP contribution in [0.25, 0.3) is 0 Å². The van der Waals surface area contributed by atoms with Crippen molar-refractivity contribution in [2.24, 2.45) is 11.7 Å². The van der Waals surface area contributed by atoms with Crippen LogP contribution in [-0.2, 0) is 12.6 Å². The minimum atomic E-state index is -4.24. The molecule has 0 aromatic heterocycles. The van der Waals surface area contributed by atoms with Crippen LogP contribution in [0.2, 0.25) is 0 Å². The second-order valence-corrected chi connectivity index (χ2v) is 5.14. The first kappa shape index (κ1) is 11.1. The zero-order chi connectivity index (χ0) is 12.2. The Bertz CT molecular complexity index is 452. The van der Waals surface area contributed by atoms with Crippen molar-refractivity contribution in [1.29, 1.82) is 0 Å². The van der Waals surface area contributed by atoms with Gasteiger partial charge in [-0.1, -0.05) is 6.07 Å². The van der Waals surface area contributed by atoms with E-state index in [1.54, 1.807) is 6.07 Å². The molecule has 0 aliphatic heterocycles. The van der Waals surface area contributed by atoms with E-state index >= 15 is 0 Å². The number of hydrogen-bond donors (Lipinski definition) is 1. The third kappa shape index (κ3) is 1.66. The average molecular weight is 241 g/mol. The molecule has 2 bridgehead atoms. The van der Waals surface area contributed by atoms with Crippen LogP contribution in [0.3, 0.4) is 0 Å². The average Bonchev–Trinajstić information content (AvgIpc) is 2.51. The van der Waals surface area contributed by atoms with Crippen molar-refractivity contribution in [3.05, 3.63) is 34.9 Å². The Labute approximate surface area is 97.8 Å². The van der Waals surface area contributed by atoms with Crippen LogP contribution >= 0.6 is 0 Å². The zero-order valence-electron chi connectivity index (χ0n) is 9.30. The van der Waals surface area contributed by atoms with E-state index in [-0.39, 0.29) is 12.0 Å². The summed E-state index contributed by atoms with van der Waals surface area (Å²) in [5.74, 6) is 0.641. The van der Waals surface area contributed by atoms with Crippen molar-refractivity contribution in [2.45, 2.75) is 37.4 Å². The Kier molecular flexibility index (Phi) is 2.27. The molecule has 4 heteroatoms. The van der Waals surface area contributed by atoms with Crippen LogP contribution < -0.4 is 5.73 Å². The van der Waals surface area contributed by atoms with Crippen LogP contribution in [0.4, 0.5) is 13.2 Å². The molecule has 0 amide bonds. The maximum absolute atomic E-state index is 12.6. The van der Waals surface area contributed by atoms with E-state index in [0.29, 0.717) is 12.3 Å². The fourth-order valence-electron chi connectivity index (χ4n) is 3.31. The van der Waals surface area contributed by atoms with Gasteiger partial charge in [-0.05, 0) is 54.4 Å². The summed E-state index contributed by atoms with van der Waals surface area (Å²) in [6, 6.07) is 4.26. The minimum absolute atomic E-state index is 0.138. The van der Waals surface area contributed by atoms with Gasteiger partial charge < -0.3 is 5.73 Å². The lowest BCUT2D eigenvalue weighted by atomic mass is 9.79. The second kappa shape index (κ2) is 3.48. The fraction of sp³-hybridized carbons (Fsp3) is 0.538. The molecular weight excluding hydrogens is 227 g/mol. The smallest absolute Gasteiger partial charge is 0.327 e. The predicted molar refractivity (Wildman–Crippen MR) is 58.6 cm³/mol. The maximum atomic E-state index is 12.6. The lowest BCUT2D eigenvalue weighted by Gasteiger charge is -2.29. The standard InChI is InChI=1S/C13H14F3N/c14-13(15,16)9-2-4-10-8(6-9)5-7-1-3-11(10)12(7)17/h2,4,6-7,11-12H,1,3,5,17H2/t7?,11?,12-/m0/s1. The molecular formula is C13H14F3N. The molecule has 2 aliphatic carbocycles. The van der Waals surface area contributed by atoms with Gasteiger partial charge in [0.05, 0.1) is 5.56 Å². The van der Waals surface area contributed by atoms with Crippen molar-refractivity contribution in [3.8, 4) is 0 Å². The molecule has 92 valence electrons. The summed E-state index contributed by atoms with van der Waals surface area (Å²) in [6.07, 6.45) is -1.48. The van der Waals surface area contributed by atoms with Gasteiger partial charge in [-0.25, -0.2) is 0 Å². The third-order valence-corrected chi connectivity index (χ3v) is 4.21. The highest BCUT2D eigenvalue weighted by Crippen LogP contribution is 2.46. The Morgan fingerprint density at radius 3 is 2.65 bits per heavy atom. The Balaban J connectivity index is 2.04. The molecule has 17 heavy (non-hydrogen) atoms. The van der Waals surface area contributed by atoms with Gasteiger partial charge in [0.15, 0.2) is 0 Å². The van der Waals surface area contributed by atoms with E-state index in [9.17, 15) is 13.2 Å². The first-order chi connectivity index (χ1) is 7.97. The lowest BCUT2D eigenvalue weighted by molar-refractivity contribution is -0.137. The lowest BCUT2D eigenvalue weighted by Crippen LogP contribution is -2.35. The number of hydrogen-bond acceptors (Lipinski definition) is 1. The summed E-state index contributed by atoms with van der Waals surface area (Å²) in [7, 11) is 0. The van der Waals surface area contributed by atoms with E-state index in [0.717, 1.165) is 24.0 Å². The molecule has 0 spiro atoms. The van der Waals surface area contributed by atoms with Gasteiger partial charge in [-0.3, -0.25) is 0 Å². The van der Waals surface area contributed by atoms with Crippen LogP contribution in [0.5, 0.6) is 0 Å². The number of benzene rings is 1. The van der Waals surface area contributed by atoms with Crippen LogP contribution in [-0.4, -0.2) is 6.04 Å². The Morgan fingerprint density at radius 2 is 1.94 bits per heavy atom. The minimum Gasteiger partial charge on any atom is -0.327 e. The van der Waals surface area contributed by atoms with Gasteiger partial charge in [0.2, 0.25) is 0 Å². The first-order valence-corrected chi connectivity index (χ1v) is 5.92. The highest BCUT2D eigenvalue weighted by molar-refractivity contribution is 5.40. The molecule has 1 fully saturated rings. The highest BCUT2D eigenvalue weighted by atomic mass is 19.4. The third-order valence-electron chi connectivity index (χ3n) is 4.21. The Hall–Kier alpha value is -1.03. The molecule has 2 unspecified atom stereocenters. The Morgan fingerprint density at radius 1 is 1.18 bits per heavy atom. The topological polar surface area (TPSA) is 26.0 Å². The van der Waals surface area contributed by atoms with E-state index in [2.05, 4.69) is 0 Å². The van der Waals surface area contributed by atoms with Gasteiger partial charge in [-0.2, -0.15) is 13.2 Å². The second-order valence-electron chi connectivity index (χ2n) is 5.14. The van der Waals surface area contributed by atoms with Crippen molar-refractivity contribution >= 4 is 0 Å². The van der Waals surface area contributed by atoms with Crippen molar-refractivity contribution in [3.63, 3.8) is 0 Å². The molecule has 0 saturated heterocycles. The van der Waals surface area contributed by atoms with Gasteiger partial charge in [0, 0.05) is 6.04 Å². The zero-order valence-corrected chi connectivity index (χ0v) is 9.30. The molecule has 0 radical (unpaired) electrons. The summed E-state index contributed by atoms with van der Waals surface area (Å²) < 4.78 is 37.9. The number of nitrogens with two attached hydrogens (primary N) is 1. The number of fused-ring (bicyclic) bond motifs is 4. The van der Waals surface area contributed by atoms with Gasteiger partial charge >= 0.3 is 6.18 Å². The molecule has 0 heterocycles. The van der Waals surface area contributed by atoms with Gasteiger partial charge in [0.1, 0.15) is 0 Å². The fourth-order valence-corrected chi connectivity index (χ4v) is 3.31. The molecule has 3 rings (SSSR count). The van der Waals surface area contributed by atoms with Crippen molar-refractivity contribution < 1.29 is 13.2 Å². The summed E-state index contributed by atoms with van der Waals surface area (Å²) in [5, 5.41) is 0. The van der Waals surface area contributed by atoms with E-state index in [4.69, 9.17) is 5.73 Å². The molecule has 2 aliphatic rings. The number of alkyl halides is 3. The van der Waals surface area contributed by atoms with Gasteiger partial charge in [-0.15, -0.1) is 0 Å². The summed E-state index contributed by atoms with van der Waals surface area (Å²) in [6.45, 7) is 0. The van der Waals surface area contributed by atoms with Crippen LogP contribution in [0, 0.1) is 5.92 Å². The van der Waals surface area contributed by atoms with E-state index in [1.165, 1.54) is 12.1 Å². The molecule has 2 N–H and O–H groups in total. The highest BCUT2D eigenvalue weighted by Gasteiger charge is 2.41. The maximum Gasteiger partial charge on any atom is 0.416 e. The number of rotatable bonds is 0. The predicted octanol–water partition coefficient (Wildman–Crippen LogP) is 3.08. The molecule has 1 saturated carbocycles. The van der Waals surface area contributed by atoms with Crippen LogP contribution in [0.1, 0.15) is 35.4 Å². The SMILES string of the molecule is N[C@H]1C2CCC1c1ccc(C(F)(F)F)cc1C2. The normalized spacial score (nSPS) is 31.4. The van der Waals surface area contributed by atoms with Crippen molar-refractivity contribution in [1.82, 2.24) is 0 Å². The largest absolute Gasteiger partial charge is 0.416 e. The quantitative estimate of drug-likeness (QED) is 0.742. The van der Waals surface area contributed by atoms with E-state index in [1.807, 2.05) is 0 Å². The van der Waals surface area contributed by atoms with Crippen molar-refractivity contribution in [2.75, 3.05) is 0 Å². The van der Waals surface area contributed by atoms with Gasteiger partial charge in [0.25, 0.3) is 0 Å². The van der Waals surface area contributed by atoms with Crippen LogP contribution in [0.15, 0.2) is 18.2 Å². The number of halogens is 3. The molecule has 3 atom stereocenters. The molecule has 1 nitrogen and oxygen atoms in total.